The molecule has 2 rings (SSSR count). The number of nitrogens with zero attached hydrogens (tertiary/aromatic N) is 1. The quantitative estimate of drug-likeness (QED) is 0.548. The molecule has 5 heteroatoms. The Kier molecular flexibility index (Phi) is 1.96. The third-order valence-corrected chi connectivity index (χ3v) is 2.50. The van der Waals surface area contributed by atoms with Crippen LogP contribution in [-0.4, -0.2) is 4.92 Å². The Labute approximate surface area is 79.7 Å². The average molecular weight is 196 g/mol. The molecule has 0 fully saturated rings. The maximum Gasteiger partial charge on any atom is 0.277 e. The van der Waals surface area contributed by atoms with Crippen molar-refractivity contribution in [2.45, 2.75) is 18.9 Å². The van der Waals surface area contributed by atoms with Gasteiger partial charge in [-0.3, -0.25) is 10.1 Å². The largest absolute Gasteiger partial charge is 0.324 e. The first-order chi connectivity index (χ1) is 6.59. The molecule has 4 nitrogen and oxygen atoms in total. The molecule has 0 radical (unpaired) electrons. The molecule has 0 saturated carbocycles. The molecular formula is C9H9FN2O2. The van der Waals surface area contributed by atoms with E-state index in [-0.39, 0.29) is 11.7 Å². The Morgan fingerprint density at radius 2 is 2.29 bits per heavy atom. The molecule has 74 valence electrons. The molecule has 1 aromatic carbocycles. The highest BCUT2D eigenvalue weighted by atomic mass is 19.1. The number of rotatable bonds is 1. The van der Waals surface area contributed by atoms with Gasteiger partial charge >= 0.3 is 0 Å². The minimum atomic E-state index is -0.576. The summed E-state index contributed by atoms with van der Waals surface area (Å²) in [5.74, 6) is -0.565. The van der Waals surface area contributed by atoms with Gasteiger partial charge in [0.05, 0.1) is 11.0 Å². The van der Waals surface area contributed by atoms with Gasteiger partial charge in [-0.2, -0.15) is 0 Å². The van der Waals surface area contributed by atoms with E-state index < -0.39 is 10.7 Å². The van der Waals surface area contributed by atoms with Crippen LogP contribution in [0.1, 0.15) is 23.6 Å². The lowest BCUT2D eigenvalue weighted by atomic mass is 10.1. The summed E-state index contributed by atoms with van der Waals surface area (Å²) in [5, 5.41) is 10.6. The zero-order valence-corrected chi connectivity index (χ0v) is 7.37. The third-order valence-electron chi connectivity index (χ3n) is 2.50. The van der Waals surface area contributed by atoms with Crippen LogP contribution in [0.5, 0.6) is 0 Å². The standard InChI is InChI=1S/C9H9FN2O2/c10-6-3-5-1-2-7(11)9(5)8(4-6)12(13)14/h3-4,7H,1-2,11H2/t7-/m0/s1. The summed E-state index contributed by atoms with van der Waals surface area (Å²) in [6.45, 7) is 0. The summed E-state index contributed by atoms with van der Waals surface area (Å²) in [6, 6.07) is 1.94. The van der Waals surface area contributed by atoms with Gasteiger partial charge in [0.25, 0.3) is 5.69 Å². The fourth-order valence-electron chi connectivity index (χ4n) is 1.90. The molecule has 0 aliphatic heterocycles. The van der Waals surface area contributed by atoms with Crippen molar-refractivity contribution in [2.75, 3.05) is 0 Å². The molecule has 1 aliphatic carbocycles. The SMILES string of the molecule is N[C@H]1CCc2cc(F)cc([N+](=O)[O-])c21. The van der Waals surface area contributed by atoms with E-state index in [1.807, 2.05) is 0 Å². The smallest absolute Gasteiger partial charge is 0.277 e. The molecule has 2 N–H and O–H groups in total. The molecule has 0 bridgehead atoms. The van der Waals surface area contributed by atoms with Crippen LogP contribution in [0.2, 0.25) is 0 Å². The second-order valence-corrected chi connectivity index (χ2v) is 3.40. The van der Waals surface area contributed by atoms with Crippen molar-refractivity contribution < 1.29 is 9.31 Å². The summed E-state index contributed by atoms with van der Waals surface area (Å²) in [4.78, 5) is 10.1. The lowest BCUT2D eigenvalue weighted by molar-refractivity contribution is -0.385. The summed E-state index contributed by atoms with van der Waals surface area (Å²) in [7, 11) is 0. The van der Waals surface area contributed by atoms with Crippen LogP contribution >= 0.6 is 0 Å². The molecule has 0 aromatic heterocycles. The van der Waals surface area contributed by atoms with E-state index in [9.17, 15) is 14.5 Å². The lowest BCUT2D eigenvalue weighted by Crippen LogP contribution is -2.08. The molecule has 0 heterocycles. The molecule has 0 spiro atoms. The fraction of sp³-hybridized carbons (Fsp3) is 0.333. The normalized spacial score (nSPS) is 19.4. The molecule has 1 atom stereocenters. The van der Waals surface area contributed by atoms with Gasteiger partial charge in [0.2, 0.25) is 0 Å². The summed E-state index contributed by atoms with van der Waals surface area (Å²) in [6.07, 6.45) is 1.27. The highest BCUT2D eigenvalue weighted by Gasteiger charge is 2.29. The van der Waals surface area contributed by atoms with Crippen molar-refractivity contribution in [3.05, 3.63) is 39.2 Å². The third kappa shape index (κ3) is 1.26. The summed E-state index contributed by atoms with van der Waals surface area (Å²) >= 11 is 0. The van der Waals surface area contributed by atoms with Crippen LogP contribution in [0, 0.1) is 15.9 Å². The van der Waals surface area contributed by atoms with Crippen LogP contribution in [-0.2, 0) is 6.42 Å². The van der Waals surface area contributed by atoms with Crippen LogP contribution in [0.3, 0.4) is 0 Å². The number of aryl methyl sites for hydroxylation is 1. The van der Waals surface area contributed by atoms with E-state index >= 15 is 0 Å². The van der Waals surface area contributed by atoms with Crippen LogP contribution in [0.25, 0.3) is 0 Å². The first kappa shape index (κ1) is 9.08. The molecule has 1 aliphatic rings. The molecular weight excluding hydrogens is 187 g/mol. The molecule has 1 aromatic rings. The topological polar surface area (TPSA) is 69.2 Å². The maximum atomic E-state index is 13.0. The van der Waals surface area contributed by atoms with E-state index in [4.69, 9.17) is 5.73 Å². The zero-order chi connectivity index (χ0) is 10.3. The van der Waals surface area contributed by atoms with E-state index in [1.165, 1.54) is 6.07 Å². The number of fused-ring (bicyclic) bond motifs is 1. The van der Waals surface area contributed by atoms with Crippen molar-refractivity contribution >= 4 is 5.69 Å². The van der Waals surface area contributed by atoms with Crippen molar-refractivity contribution in [1.82, 2.24) is 0 Å². The van der Waals surface area contributed by atoms with Gasteiger partial charge in [0.1, 0.15) is 5.82 Å². The van der Waals surface area contributed by atoms with Crippen molar-refractivity contribution in [3.8, 4) is 0 Å². The van der Waals surface area contributed by atoms with Gasteiger partial charge in [0, 0.05) is 11.6 Å². The van der Waals surface area contributed by atoms with E-state index in [0.717, 1.165) is 6.07 Å². The van der Waals surface area contributed by atoms with Gasteiger partial charge < -0.3 is 5.73 Å². The Balaban J connectivity index is 2.65. The minimum absolute atomic E-state index is 0.190. The highest BCUT2D eigenvalue weighted by Crippen LogP contribution is 2.36. The Morgan fingerprint density at radius 3 is 2.93 bits per heavy atom. The van der Waals surface area contributed by atoms with E-state index in [1.54, 1.807) is 0 Å². The first-order valence-electron chi connectivity index (χ1n) is 4.32. The van der Waals surface area contributed by atoms with Gasteiger partial charge in [0.15, 0.2) is 0 Å². The van der Waals surface area contributed by atoms with Crippen molar-refractivity contribution in [2.24, 2.45) is 5.73 Å². The van der Waals surface area contributed by atoms with Crippen LogP contribution in [0.4, 0.5) is 10.1 Å². The zero-order valence-electron chi connectivity index (χ0n) is 7.37. The van der Waals surface area contributed by atoms with E-state index in [0.29, 0.717) is 24.0 Å². The number of halogens is 1. The average Bonchev–Trinajstić information content (AvgIpc) is 2.46. The predicted molar refractivity (Wildman–Crippen MR) is 48.3 cm³/mol. The second kappa shape index (κ2) is 3.02. The lowest BCUT2D eigenvalue weighted by Gasteiger charge is -2.05. The Hall–Kier alpha value is -1.49. The number of benzene rings is 1. The minimum Gasteiger partial charge on any atom is -0.324 e. The number of hydrogen-bond donors (Lipinski definition) is 1. The fourth-order valence-corrected chi connectivity index (χ4v) is 1.90. The van der Waals surface area contributed by atoms with Crippen molar-refractivity contribution in [1.29, 1.82) is 0 Å². The van der Waals surface area contributed by atoms with Gasteiger partial charge in [-0.05, 0) is 24.5 Å². The van der Waals surface area contributed by atoms with Crippen LogP contribution < -0.4 is 5.73 Å². The van der Waals surface area contributed by atoms with Gasteiger partial charge in [-0.15, -0.1) is 0 Å². The monoisotopic (exact) mass is 196 g/mol. The number of hydrogen-bond acceptors (Lipinski definition) is 3. The summed E-state index contributed by atoms with van der Waals surface area (Å²) < 4.78 is 13.0. The second-order valence-electron chi connectivity index (χ2n) is 3.40. The highest BCUT2D eigenvalue weighted by molar-refractivity contribution is 5.50. The number of nitro groups is 1. The first-order valence-corrected chi connectivity index (χ1v) is 4.32. The predicted octanol–water partition coefficient (Wildman–Crippen LogP) is 1.68. The molecule has 14 heavy (non-hydrogen) atoms. The Morgan fingerprint density at radius 1 is 1.57 bits per heavy atom. The van der Waals surface area contributed by atoms with E-state index in [2.05, 4.69) is 0 Å². The number of nitrogens with two attached hydrogens (primary N) is 1. The maximum absolute atomic E-state index is 13.0. The van der Waals surface area contributed by atoms with Gasteiger partial charge in [-0.1, -0.05) is 0 Å². The van der Waals surface area contributed by atoms with Crippen molar-refractivity contribution in [3.63, 3.8) is 0 Å². The summed E-state index contributed by atoms with van der Waals surface area (Å²) in [5.41, 5.74) is 6.69. The van der Waals surface area contributed by atoms with Gasteiger partial charge in [-0.25, -0.2) is 4.39 Å². The molecule has 0 unspecified atom stereocenters. The molecule has 0 saturated heterocycles. The van der Waals surface area contributed by atoms with Crippen LogP contribution in [0.15, 0.2) is 12.1 Å². The Bertz CT molecular complexity index is 406. The molecule has 0 amide bonds. The number of nitro benzene ring substituents is 1.